The van der Waals surface area contributed by atoms with Gasteiger partial charge in [0.25, 0.3) is 0 Å². The first kappa shape index (κ1) is 15.5. The summed E-state index contributed by atoms with van der Waals surface area (Å²) in [5.41, 5.74) is 0.876. The molecule has 0 saturated heterocycles. The van der Waals surface area contributed by atoms with Crippen LogP contribution in [0.15, 0.2) is 18.2 Å². The van der Waals surface area contributed by atoms with Crippen LogP contribution in [0.3, 0.4) is 0 Å². The van der Waals surface area contributed by atoms with Gasteiger partial charge in [0.2, 0.25) is 0 Å². The fourth-order valence-electron chi connectivity index (χ4n) is 1.62. The average Bonchev–Trinajstić information content (AvgIpc) is 2.35. The Morgan fingerprint density at radius 2 is 2.11 bits per heavy atom. The second-order valence-corrected chi connectivity index (χ2v) is 4.79. The molecule has 0 aromatic heterocycles. The number of rotatable bonds is 8. The van der Waals surface area contributed by atoms with Crippen LogP contribution in [0.4, 0.5) is 4.39 Å². The van der Waals surface area contributed by atoms with E-state index in [1.54, 1.807) is 0 Å². The summed E-state index contributed by atoms with van der Waals surface area (Å²) in [6.07, 6.45) is 2.16. The third kappa shape index (κ3) is 6.78. The fourth-order valence-corrected chi connectivity index (χ4v) is 1.62. The molecule has 1 N–H and O–H groups in total. The molecule has 0 spiro atoms. The second-order valence-electron chi connectivity index (χ2n) is 4.79. The van der Waals surface area contributed by atoms with E-state index in [4.69, 9.17) is 10.00 Å². The summed E-state index contributed by atoms with van der Waals surface area (Å²) < 4.78 is 18.9. The number of nitriles is 1. The number of nitrogens with one attached hydrogen (secondary N) is 1. The molecule has 104 valence electrons. The Morgan fingerprint density at radius 1 is 1.32 bits per heavy atom. The topological polar surface area (TPSA) is 45.0 Å². The van der Waals surface area contributed by atoms with E-state index in [1.807, 2.05) is 19.9 Å². The molecule has 0 amide bonds. The SMILES string of the molecule is CC(C)NCc1cc(F)cc(OCCCCC#N)c1. The third-order valence-corrected chi connectivity index (χ3v) is 2.60. The number of hydrogen-bond donors (Lipinski definition) is 1. The summed E-state index contributed by atoms with van der Waals surface area (Å²) in [5.74, 6) is 0.271. The quantitative estimate of drug-likeness (QED) is 0.732. The Hall–Kier alpha value is -1.60. The maximum absolute atomic E-state index is 13.4. The number of unbranched alkanes of at least 4 members (excludes halogenated alkanes) is 2. The van der Waals surface area contributed by atoms with Crippen LogP contribution in [-0.4, -0.2) is 12.6 Å². The molecule has 0 saturated carbocycles. The van der Waals surface area contributed by atoms with Crippen molar-refractivity contribution in [1.82, 2.24) is 5.32 Å². The lowest BCUT2D eigenvalue weighted by Crippen LogP contribution is -2.21. The van der Waals surface area contributed by atoms with E-state index in [9.17, 15) is 4.39 Å². The van der Waals surface area contributed by atoms with Crippen LogP contribution in [0.25, 0.3) is 0 Å². The predicted octanol–water partition coefficient (Wildman–Crippen LogP) is 3.40. The Morgan fingerprint density at radius 3 is 2.79 bits per heavy atom. The van der Waals surface area contributed by atoms with E-state index in [0.29, 0.717) is 31.4 Å². The predicted molar refractivity (Wildman–Crippen MR) is 73.3 cm³/mol. The van der Waals surface area contributed by atoms with Gasteiger partial charge < -0.3 is 10.1 Å². The summed E-state index contributed by atoms with van der Waals surface area (Å²) in [6.45, 7) is 5.24. The van der Waals surface area contributed by atoms with Gasteiger partial charge in [0, 0.05) is 25.1 Å². The van der Waals surface area contributed by atoms with Crippen molar-refractivity contribution in [3.05, 3.63) is 29.6 Å². The minimum Gasteiger partial charge on any atom is -0.493 e. The lowest BCUT2D eigenvalue weighted by Gasteiger charge is -2.11. The molecular formula is C15H21FN2O. The summed E-state index contributed by atoms with van der Waals surface area (Å²) >= 11 is 0. The molecule has 0 bridgehead atoms. The van der Waals surface area contributed by atoms with Gasteiger partial charge in [-0.15, -0.1) is 0 Å². The second kappa shape index (κ2) is 8.49. The molecule has 19 heavy (non-hydrogen) atoms. The summed E-state index contributed by atoms with van der Waals surface area (Å²) in [7, 11) is 0. The lowest BCUT2D eigenvalue weighted by atomic mass is 10.2. The number of nitrogens with zero attached hydrogens (tertiary/aromatic N) is 1. The highest BCUT2D eigenvalue weighted by atomic mass is 19.1. The van der Waals surface area contributed by atoms with Crippen molar-refractivity contribution in [1.29, 1.82) is 5.26 Å². The third-order valence-electron chi connectivity index (χ3n) is 2.60. The average molecular weight is 264 g/mol. The van der Waals surface area contributed by atoms with E-state index < -0.39 is 0 Å². The van der Waals surface area contributed by atoms with Crippen LogP contribution in [0.5, 0.6) is 5.75 Å². The van der Waals surface area contributed by atoms with Crippen LogP contribution in [-0.2, 0) is 6.54 Å². The molecule has 3 nitrogen and oxygen atoms in total. The van der Waals surface area contributed by atoms with Crippen LogP contribution in [0, 0.1) is 17.1 Å². The highest BCUT2D eigenvalue weighted by Crippen LogP contribution is 2.17. The Bertz CT molecular complexity index is 427. The van der Waals surface area contributed by atoms with Crippen molar-refractivity contribution in [2.24, 2.45) is 0 Å². The number of ether oxygens (including phenoxy) is 1. The number of hydrogen-bond acceptors (Lipinski definition) is 3. The first-order valence-electron chi connectivity index (χ1n) is 6.64. The highest BCUT2D eigenvalue weighted by molar-refractivity contribution is 5.29. The van der Waals surface area contributed by atoms with Gasteiger partial charge in [-0.3, -0.25) is 0 Å². The molecule has 0 atom stereocenters. The Balaban J connectivity index is 2.47. The van der Waals surface area contributed by atoms with E-state index in [1.165, 1.54) is 12.1 Å². The fraction of sp³-hybridized carbons (Fsp3) is 0.533. The van der Waals surface area contributed by atoms with E-state index in [2.05, 4.69) is 11.4 Å². The maximum atomic E-state index is 13.4. The Labute approximate surface area is 114 Å². The van der Waals surface area contributed by atoms with Crippen LogP contribution < -0.4 is 10.1 Å². The zero-order valence-electron chi connectivity index (χ0n) is 11.6. The number of halogens is 1. The molecule has 1 rings (SSSR count). The minimum atomic E-state index is -0.282. The molecule has 0 fully saturated rings. The van der Waals surface area contributed by atoms with Crippen LogP contribution >= 0.6 is 0 Å². The lowest BCUT2D eigenvalue weighted by molar-refractivity contribution is 0.305. The van der Waals surface area contributed by atoms with Gasteiger partial charge in [0.05, 0.1) is 12.7 Å². The number of benzene rings is 1. The molecule has 0 aliphatic rings. The van der Waals surface area contributed by atoms with Gasteiger partial charge in [-0.05, 0) is 30.5 Å². The molecular weight excluding hydrogens is 243 g/mol. The zero-order chi connectivity index (χ0) is 14.1. The van der Waals surface area contributed by atoms with Gasteiger partial charge in [-0.2, -0.15) is 5.26 Å². The van der Waals surface area contributed by atoms with Crippen molar-refractivity contribution in [3.63, 3.8) is 0 Å². The molecule has 1 aromatic rings. The van der Waals surface area contributed by atoms with E-state index in [-0.39, 0.29) is 5.82 Å². The van der Waals surface area contributed by atoms with Crippen LogP contribution in [0.1, 0.15) is 38.7 Å². The van der Waals surface area contributed by atoms with Crippen LogP contribution in [0.2, 0.25) is 0 Å². The van der Waals surface area contributed by atoms with Gasteiger partial charge >= 0.3 is 0 Å². The van der Waals surface area contributed by atoms with Gasteiger partial charge in [-0.1, -0.05) is 13.8 Å². The van der Waals surface area contributed by atoms with Crippen molar-refractivity contribution >= 4 is 0 Å². The molecule has 1 aromatic carbocycles. The molecule has 0 aliphatic heterocycles. The van der Waals surface area contributed by atoms with Crippen molar-refractivity contribution in [2.75, 3.05) is 6.61 Å². The highest BCUT2D eigenvalue weighted by Gasteiger charge is 2.03. The first-order chi connectivity index (χ1) is 9.11. The molecule has 0 heterocycles. The molecule has 0 radical (unpaired) electrons. The summed E-state index contributed by atoms with van der Waals surface area (Å²) in [6, 6.07) is 7.20. The smallest absolute Gasteiger partial charge is 0.127 e. The molecule has 0 aliphatic carbocycles. The standard InChI is InChI=1S/C15H21FN2O/c1-12(2)18-11-13-8-14(16)10-15(9-13)19-7-5-3-4-6-17/h8-10,12,18H,3-5,7,11H2,1-2H3. The largest absolute Gasteiger partial charge is 0.493 e. The van der Waals surface area contributed by atoms with Gasteiger partial charge in [0.1, 0.15) is 11.6 Å². The molecule has 4 heteroatoms. The van der Waals surface area contributed by atoms with Crippen molar-refractivity contribution < 1.29 is 9.13 Å². The molecule has 0 unspecified atom stereocenters. The van der Waals surface area contributed by atoms with E-state index >= 15 is 0 Å². The van der Waals surface area contributed by atoms with E-state index in [0.717, 1.165) is 18.4 Å². The van der Waals surface area contributed by atoms with Gasteiger partial charge in [0.15, 0.2) is 0 Å². The van der Waals surface area contributed by atoms with Gasteiger partial charge in [-0.25, -0.2) is 4.39 Å². The van der Waals surface area contributed by atoms with Crippen molar-refractivity contribution in [2.45, 2.75) is 45.7 Å². The normalized spacial score (nSPS) is 10.5. The minimum absolute atomic E-state index is 0.282. The van der Waals surface area contributed by atoms with Crippen molar-refractivity contribution in [3.8, 4) is 11.8 Å². The summed E-state index contributed by atoms with van der Waals surface area (Å²) in [4.78, 5) is 0. The maximum Gasteiger partial charge on any atom is 0.127 e. The monoisotopic (exact) mass is 264 g/mol. The zero-order valence-corrected chi connectivity index (χ0v) is 11.6. The Kier molecular flexibility index (Phi) is 6.91. The summed E-state index contributed by atoms with van der Waals surface area (Å²) in [5, 5.41) is 11.7. The first-order valence-corrected chi connectivity index (χ1v) is 6.64.